The van der Waals surface area contributed by atoms with Gasteiger partial charge in [0.1, 0.15) is 11.5 Å². The van der Waals surface area contributed by atoms with E-state index in [4.69, 9.17) is 21.1 Å². The van der Waals surface area contributed by atoms with E-state index in [9.17, 15) is 9.59 Å². The minimum absolute atomic E-state index is 0.0125. The van der Waals surface area contributed by atoms with Crippen LogP contribution >= 0.6 is 27.5 Å². The molecule has 1 aromatic heterocycles. The number of carbonyl (C=O) groups excluding carboxylic acids is 1. The third kappa shape index (κ3) is 4.45. The molecule has 0 aliphatic carbocycles. The number of amides is 1. The third-order valence-electron chi connectivity index (χ3n) is 3.58. The number of carbonyl (C=O) groups is 2. The van der Waals surface area contributed by atoms with Crippen LogP contribution in [0.15, 0.2) is 68.6 Å². The number of nitrogens with one attached hydrogen (secondary N) is 1. The highest BCUT2D eigenvalue weighted by molar-refractivity contribution is 9.10. The first-order valence-electron chi connectivity index (χ1n) is 7.66. The van der Waals surface area contributed by atoms with Crippen LogP contribution in [0.25, 0.3) is 11.3 Å². The van der Waals surface area contributed by atoms with Gasteiger partial charge in [0.05, 0.1) is 22.4 Å². The van der Waals surface area contributed by atoms with Crippen molar-refractivity contribution in [3.63, 3.8) is 0 Å². The van der Waals surface area contributed by atoms with Gasteiger partial charge in [-0.05, 0) is 58.4 Å². The van der Waals surface area contributed by atoms with Crippen LogP contribution in [0.5, 0.6) is 0 Å². The molecule has 3 rings (SSSR count). The second-order valence-electron chi connectivity index (χ2n) is 5.38. The van der Waals surface area contributed by atoms with E-state index in [-0.39, 0.29) is 16.5 Å². The smallest absolute Gasteiger partial charge is 0.337 e. The highest BCUT2D eigenvalue weighted by Crippen LogP contribution is 2.26. The van der Waals surface area contributed by atoms with Crippen LogP contribution in [0, 0.1) is 0 Å². The minimum atomic E-state index is -1.12. The second kappa shape index (κ2) is 8.20. The van der Waals surface area contributed by atoms with Crippen molar-refractivity contribution >= 4 is 45.6 Å². The summed E-state index contributed by atoms with van der Waals surface area (Å²) in [7, 11) is 0. The third-order valence-corrected chi connectivity index (χ3v) is 4.61. The van der Waals surface area contributed by atoms with Crippen molar-refractivity contribution < 1.29 is 19.1 Å². The van der Waals surface area contributed by atoms with Crippen LogP contribution in [-0.4, -0.2) is 23.2 Å². The first kappa shape index (κ1) is 18.9. The van der Waals surface area contributed by atoms with Gasteiger partial charge in [0.15, 0.2) is 0 Å². The van der Waals surface area contributed by atoms with Crippen LogP contribution in [0.1, 0.15) is 26.5 Å². The maximum Gasteiger partial charge on any atom is 0.337 e. The summed E-state index contributed by atoms with van der Waals surface area (Å²) in [5, 5.41) is 13.2. The lowest BCUT2D eigenvalue weighted by Gasteiger charge is -2.02. The molecule has 0 atom stereocenters. The summed E-state index contributed by atoms with van der Waals surface area (Å²) in [6, 6.07) is 14.9. The molecule has 1 amide bonds. The largest absolute Gasteiger partial charge is 0.478 e. The highest BCUT2D eigenvalue weighted by atomic mass is 79.9. The summed E-state index contributed by atoms with van der Waals surface area (Å²) in [5.41, 5.74) is 3.42. The van der Waals surface area contributed by atoms with Gasteiger partial charge in [0, 0.05) is 10.0 Å². The highest BCUT2D eigenvalue weighted by Gasteiger charge is 2.12. The lowest BCUT2D eigenvalue weighted by atomic mass is 10.1. The van der Waals surface area contributed by atoms with Crippen molar-refractivity contribution in [1.29, 1.82) is 0 Å². The van der Waals surface area contributed by atoms with E-state index in [0.717, 1.165) is 0 Å². The molecule has 6 nitrogen and oxygen atoms in total. The molecule has 0 radical (unpaired) electrons. The minimum Gasteiger partial charge on any atom is -0.478 e. The molecule has 0 saturated carbocycles. The summed E-state index contributed by atoms with van der Waals surface area (Å²) < 4.78 is 6.27. The van der Waals surface area contributed by atoms with E-state index in [0.29, 0.717) is 27.1 Å². The topological polar surface area (TPSA) is 91.9 Å². The summed E-state index contributed by atoms with van der Waals surface area (Å²) in [6.07, 6.45) is 1.35. The van der Waals surface area contributed by atoms with E-state index in [1.165, 1.54) is 18.3 Å². The van der Waals surface area contributed by atoms with Gasteiger partial charge in [0.2, 0.25) is 0 Å². The Morgan fingerprint density at radius 1 is 1.11 bits per heavy atom. The fourth-order valence-electron chi connectivity index (χ4n) is 2.28. The predicted octanol–water partition coefficient (Wildman–Crippen LogP) is 4.82. The number of hydrogen-bond acceptors (Lipinski definition) is 4. The maximum atomic E-state index is 12.1. The Balaban J connectivity index is 1.72. The monoisotopic (exact) mass is 446 g/mol. The molecule has 0 aliphatic rings. The Morgan fingerprint density at radius 2 is 1.89 bits per heavy atom. The van der Waals surface area contributed by atoms with Crippen molar-refractivity contribution in [2.24, 2.45) is 5.10 Å². The van der Waals surface area contributed by atoms with Gasteiger partial charge >= 0.3 is 5.97 Å². The van der Waals surface area contributed by atoms with E-state index in [1.54, 1.807) is 42.5 Å². The van der Waals surface area contributed by atoms with E-state index >= 15 is 0 Å². The number of furan rings is 1. The molecule has 0 spiro atoms. The van der Waals surface area contributed by atoms with Crippen LogP contribution in [0.3, 0.4) is 0 Å². The molecule has 0 aliphatic heterocycles. The Labute approximate surface area is 167 Å². The average molecular weight is 448 g/mol. The van der Waals surface area contributed by atoms with Gasteiger partial charge in [-0.3, -0.25) is 4.79 Å². The van der Waals surface area contributed by atoms with Gasteiger partial charge in [-0.1, -0.05) is 23.7 Å². The summed E-state index contributed by atoms with van der Waals surface area (Å²) >= 11 is 9.17. The fraction of sp³-hybridized carbons (Fsp3) is 0. The number of hydrazone groups is 1. The number of carboxylic acids is 1. The van der Waals surface area contributed by atoms with Crippen LogP contribution in [-0.2, 0) is 0 Å². The van der Waals surface area contributed by atoms with Crippen LogP contribution < -0.4 is 5.43 Å². The molecule has 0 fully saturated rings. The number of carboxylic acid groups (broad SMARTS) is 1. The van der Waals surface area contributed by atoms with E-state index in [2.05, 4.69) is 26.5 Å². The van der Waals surface area contributed by atoms with Crippen molar-refractivity contribution in [3.05, 3.63) is 81.0 Å². The number of rotatable bonds is 5. The number of benzene rings is 2. The molecule has 27 heavy (non-hydrogen) atoms. The number of aromatic carboxylic acids is 1. The molecule has 0 saturated heterocycles. The molecular weight excluding hydrogens is 436 g/mol. The van der Waals surface area contributed by atoms with Crippen LogP contribution in [0.2, 0.25) is 5.02 Å². The zero-order valence-electron chi connectivity index (χ0n) is 13.6. The molecule has 0 unspecified atom stereocenters. The SMILES string of the molecule is O=C(O)c1cc(-c2ccc(/C=N/NC(=O)c3ccccc3Br)o2)ccc1Cl. The number of nitrogens with zero attached hydrogens (tertiary/aromatic N) is 1. The van der Waals surface area contributed by atoms with E-state index in [1.807, 2.05) is 0 Å². The summed E-state index contributed by atoms with van der Waals surface area (Å²) in [5.74, 6) is -0.642. The number of hydrogen-bond donors (Lipinski definition) is 2. The van der Waals surface area contributed by atoms with E-state index < -0.39 is 5.97 Å². The predicted molar refractivity (Wildman–Crippen MR) is 105 cm³/mol. The lowest BCUT2D eigenvalue weighted by Crippen LogP contribution is -2.17. The molecule has 2 aromatic carbocycles. The molecule has 3 aromatic rings. The van der Waals surface area contributed by atoms with Crippen molar-refractivity contribution in [1.82, 2.24) is 5.43 Å². The molecule has 8 heteroatoms. The first-order valence-corrected chi connectivity index (χ1v) is 8.84. The Hall–Kier alpha value is -2.90. The Bertz CT molecular complexity index is 1050. The molecule has 2 N–H and O–H groups in total. The van der Waals surface area contributed by atoms with Gasteiger partial charge in [0.25, 0.3) is 5.91 Å². The zero-order valence-corrected chi connectivity index (χ0v) is 16.0. The maximum absolute atomic E-state index is 12.1. The summed E-state index contributed by atoms with van der Waals surface area (Å²) in [4.78, 5) is 23.2. The summed E-state index contributed by atoms with van der Waals surface area (Å²) in [6.45, 7) is 0. The Morgan fingerprint density at radius 3 is 2.63 bits per heavy atom. The lowest BCUT2D eigenvalue weighted by molar-refractivity contribution is 0.0697. The quantitative estimate of drug-likeness (QED) is 0.433. The first-order chi connectivity index (χ1) is 13.0. The van der Waals surface area contributed by atoms with Gasteiger partial charge < -0.3 is 9.52 Å². The standard InChI is InChI=1S/C19H12BrClN2O4/c20-15-4-2-1-3-13(15)18(24)23-22-10-12-6-8-17(27-12)11-5-7-16(21)14(9-11)19(25)26/h1-10H,(H,23,24)(H,25,26)/b22-10+. The molecule has 1 heterocycles. The van der Waals surface area contributed by atoms with Crippen LogP contribution in [0.4, 0.5) is 0 Å². The van der Waals surface area contributed by atoms with Gasteiger partial charge in [-0.2, -0.15) is 5.10 Å². The zero-order chi connectivity index (χ0) is 19.4. The van der Waals surface area contributed by atoms with Crippen molar-refractivity contribution in [3.8, 4) is 11.3 Å². The molecule has 0 bridgehead atoms. The van der Waals surface area contributed by atoms with Gasteiger partial charge in [-0.25, -0.2) is 10.2 Å². The number of halogens is 2. The molecular formula is C19H12BrClN2O4. The van der Waals surface area contributed by atoms with Gasteiger partial charge in [-0.15, -0.1) is 0 Å². The molecule has 136 valence electrons. The average Bonchev–Trinajstić information content (AvgIpc) is 3.11. The fourth-order valence-corrected chi connectivity index (χ4v) is 2.94. The normalized spacial score (nSPS) is 10.9. The van der Waals surface area contributed by atoms with Crippen molar-refractivity contribution in [2.75, 3.05) is 0 Å². The van der Waals surface area contributed by atoms with Crippen molar-refractivity contribution in [2.45, 2.75) is 0 Å². The second-order valence-corrected chi connectivity index (χ2v) is 6.64. The Kier molecular flexibility index (Phi) is 5.73.